The van der Waals surface area contributed by atoms with E-state index >= 15 is 0 Å². The van der Waals surface area contributed by atoms with Crippen molar-refractivity contribution in [3.05, 3.63) is 23.9 Å². The summed E-state index contributed by atoms with van der Waals surface area (Å²) in [4.78, 5) is 4.19. The van der Waals surface area contributed by atoms with Crippen molar-refractivity contribution in [2.24, 2.45) is 5.92 Å². The van der Waals surface area contributed by atoms with E-state index < -0.39 is 0 Å². The fraction of sp³-hybridized carbons (Fsp3) is 0.643. The molecule has 18 heavy (non-hydrogen) atoms. The number of halogens is 1. The number of methoxy groups -OCH3 is 1. The van der Waals surface area contributed by atoms with Crippen LogP contribution in [0.4, 0.5) is 0 Å². The molecule has 1 saturated carbocycles. The van der Waals surface area contributed by atoms with Crippen LogP contribution in [0, 0.1) is 5.92 Å². The smallest absolute Gasteiger partial charge is 0.217 e. The van der Waals surface area contributed by atoms with Crippen molar-refractivity contribution in [2.45, 2.75) is 37.6 Å². The van der Waals surface area contributed by atoms with E-state index in [0.717, 1.165) is 25.1 Å². The predicted molar refractivity (Wildman–Crippen MR) is 74.1 cm³/mol. The van der Waals surface area contributed by atoms with Crippen molar-refractivity contribution in [3.8, 4) is 5.88 Å². The van der Waals surface area contributed by atoms with Crippen LogP contribution in [0.15, 0.2) is 18.3 Å². The van der Waals surface area contributed by atoms with Gasteiger partial charge in [-0.1, -0.05) is 12.5 Å². The first-order valence-corrected chi connectivity index (χ1v) is 7.06. The summed E-state index contributed by atoms with van der Waals surface area (Å²) in [6.07, 6.45) is 6.62. The molecule has 1 heterocycles. The summed E-state index contributed by atoms with van der Waals surface area (Å²) in [6, 6.07) is 3.99. The molecule has 0 amide bonds. The summed E-state index contributed by atoms with van der Waals surface area (Å²) in [5.74, 6) is 1.42. The third-order valence-electron chi connectivity index (χ3n) is 3.51. The minimum absolute atomic E-state index is 0.374. The largest absolute Gasteiger partial charge is 0.481 e. The summed E-state index contributed by atoms with van der Waals surface area (Å²) in [6.45, 7) is 1.84. The molecule has 2 rings (SSSR count). The van der Waals surface area contributed by atoms with Crippen LogP contribution in [-0.4, -0.2) is 24.0 Å². The molecule has 0 saturated heterocycles. The van der Waals surface area contributed by atoms with Gasteiger partial charge in [-0.3, -0.25) is 0 Å². The SMILES string of the molecule is COc1ncccc1CNCC1CCCC(Cl)C1. The van der Waals surface area contributed by atoms with Crippen LogP contribution in [0.5, 0.6) is 5.88 Å². The normalized spacial score (nSPS) is 23.9. The molecule has 1 aliphatic rings. The standard InChI is InChI=1S/C14H21ClN2O/c1-18-14-12(5-3-7-17-14)10-16-9-11-4-2-6-13(15)8-11/h3,5,7,11,13,16H,2,4,6,8-10H2,1H3. The van der Waals surface area contributed by atoms with Gasteiger partial charge < -0.3 is 10.1 Å². The number of rotatable bonds is 5. The van der Waals surface area contributed by atoms with E-state index in [9.17, 15) is 0 Å². The van der Waals surface area contributed by atoms with E-state index in [2.05, 4.69) is 10.3 Å². The first kappa shape index (κ1) is 13.6. The number of nitrogens with zero attached hydrogens (tertiary/aromatic N) is 1. The zero-order valence-corrected chi connectivity index (χ0v) is 11.6. The molecule has 2 atom stereocenters. The van der Waals surface area contributed by atoms with E-state index in [0.29, 0.717) is 17.2 Å². The van der Waals surface area contributed by atoms with Gasteiger partial charge >= 0.3 is 0 Å². The van der Waals surface area contributed by atoms with Gasteiger partial charge in [-0.25, -0.2) is 4.98 Å². The topological polar surface area (TPSA) is 34.1 Å². The molecule has 1 fully saturated rings. The summed E-state index contributed by atoms with van der Waals surface area (Å²) >= 11 is 6.20. The maximum absolute atomic E-state index is 6.20. The molecular weight excluding hydrogens is 248 g/mol. The van der Waals surface area contributed by atoms with Crippen molar-refractivity contribution >= 4 is 11.6 Å². The van der Waals surface area contributed by atoms with E-state index in [1.165, 1.54) is 19.3 Å². The Balaban J connectivity index is 1.77. The Morgan fingerprint density at radius 3 is 3.17 bits per heavy atom. The van der Waals surface area contributed by atoms with Gasteiger partial charge in [0.2, 0.25) is 5.88 Å². The number of alkyl halides is 1. The highest BCUT2D eigenvalue weighted by Gasteiger charge is 2.19. The van der Waals surface area contributed by atoms with Crippen LogP contribution in [0.3, 0.4) is 0 Å². The molecule has 1 N–H and O–H groups in total. The van der Waals surface area contributed by atoms with E-state index in [-0.39, 0.29) is 0 Å². The highest BCUT2D eigenvalue weighted by Crippen LogP contribution is 2.27. The molecule has 0 radical (unpaired) electrons. The Bertz CT molecular complexity index is 373. The molecule has 4 heteroatoms. The average molecular weight is 269 g/mol. The van der Waals surface area contributed by atoms with Crippen molar-refractivity contribution < 1.29 is 4.74 Å². The fourth-order valence-corrected chi connectivity index (χ4v) is 2.97. The van der Waals surface area contributed by atoms with Crippen molar-refractivity contribution in [1.29, 1.82) is 0 Å². The van der Waals surface area contributed by atoms with Crippen LogP contribution < -0.4 is 10.1 Å². The monoisotopic (exact) mass is 268 g/mol. The quantitative estimate of drug-likeness (QED) is 0.834. The number of pyridine rings is 1. The molecule has 1 aromatic rings. The minimum atomic E-state index is 0.374. The second kappa shape index (κ2) is 6.95. The lowest BCUT2D eigenvalue weighted by Gasteiger charge is -2.25. The number of hydrogen-bond donors (Lipinski definition) is 1. The highest BCUT2D eigenvalue weighted by atomic mass is 35.5. The van der Waals surface area contributed by atoms with Crippen LogP contribution in [0.25, 0.3) is 0 Å². The number of aromatic nitrogens is 1. The lowest BCUT2D eigenvalue weighted by molar-refractivity contribution is 0.343. The van der Waals surface area contributed by atoms with Crippen LogP contribution in [-0.2, 0) is 6.54 Å². The van der Waals surface area contributed by atoms with Crippen LogP contribution in [0.2, 0.25) is 0 Å². The van der Waals surface area contributed by atoms with Gasteiger partial charge in [0, 0.05) is 23.7 Å². The maximum Gasteiger partial charge on any atom is 0.217 e. The van der Waals surface area contributed by atoms with Gasteiger partial charge in [-0.05, 0) is 37.8 Å². The Kier molecular flexibility index (Phi) is 5.26. The van der Waals surface area contributed by atoms with Gasteiger partial charge in [-0.2, -0.15) is 0 Å². The van der Waals surface area contributed by atoms with Gasteiger partial charge in [0.1, 0.15) is 0 Å². The van der Waals surface area contributed by atoms with Crippen molar-refractivity contribution in [2.75, 3.05) is 13.7 Å². The Morgan fingerprint density at radius 2 is 2.39 bits per heavy atom. The molecule has 0 aliphatic heterocycles. The predicted octanol–water partition coefficient (Wildman–Crippen LogP) is 2.98. The summed E-state index contributed by atoms with van der Waals surface area (Å²) in [5.41, 5.74) is 1.11. The highest BCUT2D eigenvalue weighted by molar-refractivity contribution is 6.20. The molecule has 1 aromatic heterocycles. The van der Waals surface area contributed by atoms with E-state index in [1.807, 2.05) is 12.1 Å². The number of ether oxygens (including phenoxy) is 1. The Hall–Kier alpha value is -0.800. The van der Waals surface area contributed by atoms with Crippen molar-refractivity contribution in [1.82, 2.24) is 10.3 Å². The zero-order valence-electron chi connectivity index (χ0n) is 10.9. The molecule has 2 unspecified atom stereocenters. The second-order valence-electron chi connectivity index (χ2n) is 4.93. The first-order valence-electron chi connectivity index (χ1n) is 6.62. The zero-order chi connectivity index (χ0) is 12.8. The summed E-state index contributed by atoms with van der Waals surface area (Å²) in [7, 11) is 1.66. The van der Waals surface area contributed by atoms with Gasteiger partial charge in [0.15, 0.2) is 0 Å². The molecule has 0 spiro atoms. The summed E-state index contributed by atoms with van der Waals surface area (Å²) in [5, 5.41) is 3.86. The minimum Gasteiger partial charge on any atom is -0.481 e. The third kappa shape index (κ3) is 3.85. The second-order valence-corrected chi connectivity index (χ2v) is 5.55. The number of hydrogen-bond acceptors (Lipinski definition) is 3. The van der Waals surface area contributed by atoms with E-state index in [4.69, 9.17) is 16.3 Å². The maximum atomic E-state index is 6.20. The first-order chi connectivity index (χ1) is 8.79. The third-order valence-corrected chi connectivity index (χ3v) is 3.91. The van der Waals surface area contributed by atoms with Gasteiger partial charge in [-0.15, -0.1) is 11.6 Å². The van der Waals surface area contributed by atoms with E-state index in [1.54, 1.807) is 13.3 Å². The van der Waals surface area contributed by atoms with Crippen LogP contribution in [0.1, 0.15) is 31.2 Å². The molecule has 0 bridgehead atoms. The molecule has 100 valence electrons. The lowest BCUT2D eigenvalue weighted by atomic mass is 9.89. The van der Waals surface area contributed by atoms with Gasteiger partial charge in [0.25, 0.3) is 0 Å². The Labute approximate surface area is 114 Å². The fourth-order valence-electron chi connectivity index (χ4n) is 2.56. The summed E-state index contributed by atoms with van der Waals surface area (Å²) < 4.78 is 5.23. The lowest BCUT2D eigenvalue weighted by Crippen LogP contribution is -2.27. The average Bonchev–Trinajstić information content (AvgIpc) is 2.39. The van der Waals surface area contributed by atoms with Gasteiger partial charge in [0.05, 0.1) is 7.11 Å². The molecule has 1 aliphatic carbocycles. The van der Waals surface area contributed by atoms with Crippen molar-refractivity contribution in [3.63, 3.8) is 0 Å². The molecular formula is C14H21ClN2O. The number of nitrogens with one attached hydrogen (secondary N) is 1. The van der Waals surface area contributed by atoms with Crippen LogP contribution >= 0.6 is 11.6 Å². The molecule has 0 aromatic carbocycles. The molecule has 3 nitrogen and oxygen atoms in total. The Morgan fingerprint density at radius 1 is 1.50 bits per heavy atom.